The summed E-state index contributed by atoms with van der Waals surface area (Å²) in [6.07, 6.45) is 1.64. The number of hydrogen-bond acceptors (Lipinski definition) is 9. The molecule has 1 aliphatic carbocycles. The number of rotatable bonds is 15. The fourth-order valence-corrected chi connectivity index (χ4v) is 11.5. The Morgan fingerprint density at radius 3 is 1.61 bits per heavy atom. The van der Waals surface area contributed by atoms with Crippen molar-refractivity contribution in [2.45, 2.75) is 155 Å². The first-order valence-corrected chi connectivity index (χ1v) is 37.9. The van der Waals surface area contributed by atoms with E-state index in [9.17, 15) is 9.59 Å². The number of benzene rings is 1. The molecule has 0 radical (unpaired) electrons. The lowest BCUT2D eigenvalue weighted by atomic mass is 9.79. The molecule has 0 saturated heterocycles. The number of ether oxygens (including phenoxy) is 1. The summed E-state index contributed by atoms with van der Waals surface area (Å²) in [6.45, 7) is 37.5. The molecule has 0 aliphatic heterocycles. The SMILES string of the molecule is C[Si](C)(C)OC(=O)[C@@]1(O[Si](C)(C)C)C[C@@H](OC(=O)/C=C/c2ccc(O[Si](C)(C)C)c(O[Si](C)(C)C)c2)[C@H](O[Si](C)(C)C)[C@H](O[Si](C)(C)C)C1. The summed E-state index contributed by atoms with van der Waals surface area (Å²) in [5.41, 5.74) is -0.556. The maximum atomic E-state index is 14.2. The lowest BCUT2D eigenvalue weighted by Gasteiger charge is -2.50. The Hall–Kier alpha value is -1.32. The van der Waals surface area contributed by atoms with Gasteiger partial charge >= 0.3 is 11.9 Å². The molecular formula is C34H66O9Si6. The normalized spacial score (nSPS) is 22.9. The van der Waals surface area contributed by atoms with Crippen LogP contribution < -0.4 is 8.85 Å². The van der Waals surface area contributed by atoms with Gasteiger partial charge in [0.05, 0.1) is 6.10 Å². The maximum absolute atomic E-state index is 14.2. The van der Waals surface area contributed by atoms with Crippen molar-refractivity contribution in [2.24, 2.45) is 0 Å². The summed E-state index contributed by atoms with van der Waals surface area (Å²) in [5.74, 6) is 0.441. The number of hydrogen-bond donors (Lipinski definition) is 0. The molecule has 0 spiro atoms. The van der Waals surface area contributed by atoms with Gasteiger partial charge in [0.1, 0.15) is 23.7 Å². The van der Waals surface area contributed by atoms with E-state index >= 15 is 0 Å². The predicted octanol–water partition coefficient (Wildman–Crippen LogP) is 9.24. The van der Waals surface area contributed by atoms with Crippen molar-refractivity contribution in [3.05, 3.63) is 29.8 Å². The first kappa shape index (κ1) is 43.8. The van der Waals surface area contributed by atoms with E-state index in [2.05, 4.69) is 98.2 Å². The van der Waals surface area contributed by atoms with E-state index in [1.165, 1.54) is 6.08 Å². The lowest BCUT2D eigenvalue weighted by molar-refractivity contribution is -0.187. The van der Waals surface area contributed by atoms with Gasteiger partial charge in [-0.25, -0.2) is 4.79 Å². The van der Waals surface area contributed by atoms with Gasteiger partial charge in [-0.1, -0.05) is 6.07 Å². The van der Waals surface area contributed by atoms with E-state index in [0.29, 0.717) is 11.5 Å². The van der Waals surface area contributed by atoms with Crippen molar-refractivity contribution in [2.75, 3.05) is 0 Å². The van der Waals surface area contributed by atoms with Gasteiger partial charge in [-0.2, -0.15) is 0 Å². The molecule has 1 saturated carbocycles. The molecule has 1 aromatic rings. The standard InChI is InChI=1S/C34H66O9Si6/c1-44(2,3)38-27-21-19-26(23-28(27)39-45(4,5)6)20-22-31(35)37-29-24-34(43-49(16,17)18,33(36)42-48(13,14)15)25-30(40-46(7,8)9)32(29)41-47(10,11)12/h19-23,29-30,32H,24-25H2,1-18H3/b22-20+/t29-,30-,32+,34-/m1/s1. The molecule has 2 rings (SSSR count). The van der Waals surface area contributed by atoms with Gasteiger partial charge in [-0.15, -0.1) is 0 Å². The highest BCUT2D eigenvalue weighted by Crippen LogP contribution is 2.42. The summed E-state index contributed by atoms with van der Waals surface area (Å²) in [5, 5.41) is 0. The lowest BCUT2D eigenvalue weighted by Crippen LogP contribution is -2.65. The first-order valence-electron chi connectivity index (χ1n) is 17.4. The monoisotopic (exact) mass is 786 g/mol. The molecule has 280 valence electrons. The molecule has 4 atom stereocenters. The van der Waals surface area contributed by atoms with Crippen LogP contribution in [0.15, 0.2) is 24.3 Å². The fourth-order valence-electron chi connectivity index (χ4n) is 5.49. The van der Waals surface area contributed by atoms with Crippen LogP contribution in [0.3, 0.4) is 0 Å². The van der Waals surface area contributed by atoms with Crippen LogP contribution in [0.2, 0.25) is 118 Å². The topological polar surface area (TPSA) is 98.8 Å². The first-order chi connectivity index (χ1) is 21.7. The number of esters is 1. The Balaban J connectivity index is 2.59. The predicted molar refractivity (Wildman–Crippen MR) is 216 cm³/mol. The van der Waals surface area contributed by atoms with Crippen LogP contribution in [0, 0.1) is 0 Å². The summed E-state index contributed by atoms with van der Waals surface area (Å²) in [6, 6.07) is 5.72. The van der Waals surface area contributed by atoms with Crippen LogP contribution in [-0.4, -0.2) is 85.8 Å². The van der Waals surface area contributed by atoms with Crippen LogP contribution >= 0.6 is 0 Å². The van der Waals surface area contributed by atoms with Crippen molar-refractivity contribution in [1.82, 2.24) is 0 Å². The molecule has 1 fully saturated rings. The minimum atomic E-state index is -2.32. The van der Waals surface area contributed by atoms with Gasteiger partial charge in [0, 0.05) is 18.9 Å². The summed E-state index contributed by atoms with van der Waals surface area (Å²) in [4.78, 5) is 27.8. The van der Waals surface area contributed by atoms with Crippen LogP contribution in [0.1, 0.15) is 18.4 Å². The number of carbonyl (C=O) groups excluding carboxylic acids is 2. The summed E-state index contributed by atoms with van der Waals surface area (Å²) < 4.78 is 45.4. The highest BCUT2D eigenvalue weighted by Gasteiger charge is 2.57. The van der Waals surface area contributed by atoms with E-state index in [1.54, 1.807) is 6.08 Å². The molecule has 1 aromatic carbocycles. The van der Waals surface area contributed by atoms with Crippen molar-refractivity contribution in [3.8, 4) is 11.5 Å². The second-order valence-corrected chi connectivity index (χ2v) is 45.7. The maximum Gasteiger partial charge on any atom is 0.331 e. The minimum absolute atomic E-state index is 0.123. The van der Waals surface area contributed by atoms with Crippen molar-refractivity contribution in [3.63, 3.8) is 0 Å². The Morgan fingerprint density at radius 2 is 1.14 bits per heavy atom. The van der Waals surface area contributed by atoms with Gasteiger partial charge in [0.15, 0.2) is 30.6 Å². The van der Waals surface area contributed by atoms with Gasteiger partial charge in [0.2, 0.25) is 25.0 Å². The molecule has 0 heterocycles. The molecule has 0 aromatic heterocycles. The van der Waals surface area contributed by atoms with Crippen LogP contribution in [0.5, 0.6) is 11.5 Å². The molecule has 1 aliphatic rings. The van der Waals surface area contributed by atoms with E-state index in [1.807, 2.05) is 37.8 Å². The van der Waals surface area contributed by atoms with Gasteiger partial charge in [0.25, 0.3) is 0 Å². The second-order valence-electron chi connectivity index (χ2n) is 19.0. The van der Waals surface area contributed by atoms with Crippen molar-refractivity contribution < 1.29 is 40.9 Å². The third-order valence-electron chi connectivity index (χ3n) is 6.54. The molecule has 0 bridgehead atoms. The third-order valence-corrected chi connectivity index (χ3v) is 12.0. The number of carbonyl (C=O) groups is 2. The quantitative estimate of drug-likeness (QED) is 0.0979. The van der Waals surface area contributed by atoms with Crippen LogP contribution in [0.4, 0.5) is 0 Å². The van der Waals surface area contributed by atoms with Gasteiger partial charge in [-0.3, -0.25) is 4.79 Å². The Morgan fingerprint density at radius 1 is 0.633 bits per heavy atom. The van der Waals surface area contributed by atoms with E-state index in [0.717, 1.165) is 5.56 Å². The van der Waals surface area contributed by atoms with Crippen LogP contribution in [-0.2, 0) is 32.0 Å². The zero-order valence-electron chi connectivity index (χ0n) is 33.7. The highest BCUT2D eigenvalue weighted by atomic mass is 28.4. The average molecular weight is 787 g/mol. The molecule has 0 unspecified atom stereocenters. The molecular weight excluding hydrogens is 721 g/mol. The molecule has 0 amide bonds. The zero-order chi connectivity index (χ0) is 38.0. The van der Waals surface area contributed by atoms with Crippen LogP contribution in [0.25, 0.3) is 6.08 Å². The Labute approximate surface area is 303 Å². The van der Waals surface area contributed by atoms with Gasteiger partial charge in [-0.05, 0) is 142 Å². The molecule has 9 nitrogen and oxygen atoms in total. The fraction of sp³-hybridized carbons (Fsp3) is 0.706. The largest absolute Gasteiger partial charge is 0.542 e. The Bertz CT molecular complexity index is 1330. The molecule has 0 N–H and O–H groups in total. The molecule has 15 heteroatoms. The van der Waals surface area contributed by atoms with E-state index in [-0.39, 0.29) is 12.8 Å². The average Bonchev–Trinajstić information content (AvgIpc) is 2.81. The van der Waals surface area contributed by atoms with Gasteiger partial charge < -0.3 is 31.3 Å². The third kappa shape index (κ3) is 16.3. The zero-order valence-corrected chi connectivity index (χ0v) is 39.7. The summed E-state index contributed by atoms with van der Waals surface area (Å²) in [7, 11) is -12.8. The van der Waals surface area contributed by atoms with Crippen molar-refractivity contribution >= 4 is 67.9 Å². The smallest absolute Gasteiger partial charge is 0.331 e. The summed E-state index contributed by atoms with van der Waals surface area (Å²) >= 11 is 0. The minimum Gasteiger partial charge on any atom is -0.542 e. The second kappa shape index (κ2) is 15.7. The van der Waals surface area contributed by atoms with E-state index in [4.69, 9.17) is 31.3 Å². The Kier molecular flexibility index (Phi) is 14.1. The van der Waals surface area contributed by atoms with Crippen molar-refractivity contribution in [1.29, 1.82) is 0 Å². The molecule has 49 heavy (non-hydrogen) atoms. The van der Waals surface area contributed by atoms with E-state index < -0.39 is 85.8 Å². The highest BCUT2D eigenvalue weighted by molar-refractivity contribution is 6.72.